The van der Waals surface area contributed by atoms with Crippen molar-refractivity contribution in [3.63, 3.8) is 0 Å². The van der Waals surface area contributed by atoms with Gasteiger partial charge in [0.15, 0.2) is 0 Å². The second-order valence-corrected chi connectivity index (χ2v) is 3.79. The zero-order valence-corrected chi connectivity index (χ0v) is 10.7. The Morgan fingerprint density at radius 2 is 2.24 bits per heavy atom. The number of nitrogens with one attached hydrogen (secondary N) is 2. The molecule has 0 unspecified atom stereocenters. The Hall–Kier alpha value is -0.950. The van der Waals surface area contributed by atoms with Crippen LogP contribution in [0.5, 0.6) is 0 Å². The summed E-state index contributed by atoms with van der Waals surface area (Å²) in [6, 6.07) is 1.42. The molecule has 0 aliphatic rings. The highest BCUT2D eigenvalue weighted by molar-refractivity contribution is 6.32. The molecule has 0 aliphatic carbocycles. The Labute approximate surface area is 109 Å². The molecule has 0 fully saturated rings. The quantitative estimate of drug-likeness (QED) is 0.461. The molecule has 0 saturated carbocycles. The lowest BCUT2D eigenvalue weighted by molar-refractivity contribution is -0.115. The van der Waals surface area contributed by atoms with E-state index in [1.807, 2.05) is 0 Å². The van der Waals surface area contributed by atoms with Gasteiger partial charge in [0, 0.05) is 19.7 Å². The van der Waals surface area contributed by atoms with Crippen molar-refractivity contribution in [1.29, 1.82) is 0 Å². The van der Waals surface area contributed by atoms with Crippen molar-refractivity contribution in [3.05, 3.63) is 16.5 Å². The van der Waals surface area contributed by atoms with E-state index in [-0.39, 0.29) is 28.7 Å². The Balaban J connectivity index is 2.39. The molecule has 0 aromatic carbocycles. The van der Waals surface area contributed by atoms with Crippen LogP contribution in [0.2, 0.25) is 10.4 Å². The minimum absolute atomic E-state index is 0.0138. The average molecular weight is 279 g/mol. The van der Waals surface area contributed by atoms with E-state index in [4.69, 9.17) is 27.9 Å². The van der Waals surface area contributed by atoms with Gasteiger partial charge in [0.2, 0.25) is 11.2 Å². The van der Waals surface area contributed by atoms with E-state index in [0.29, 0.717) is 13.2 Å². The van der Waals surface area contributed by atoms with Crippen molar-refractivity contribution in [2.45, 2.75) is 0 Å². The maximum atomic E-state index is 11.4. The largest absolute Gasteiger partial charge is 0.383 e. The lowest BCUT2D eigenvalue weighted by Gasteiger charge is -2.06. The molecule has 0 spiro atoms. The van der Waals surface area contributed by atoms with Crippen LogP contribution in [0.3, 0.4) is 0 Å². The summed E-state index contributed by atoms with van der Waals surface area (Å²) in [5.41, 5.74) is 0. The number of anilines is 1. The molecule has 6 nitrogen and oxygen atoms in total. The first-order valence-electron chi connectivity index (χ1n) is 4.81. The fourth-order valence-corrected chi connectivity index (χ4v) is 1.43. The van der Waals surface area contributed by atoms with Crippen LogP contribution >= 0.6 is 23.2 Å². The molecule has 1 aromatic heterocycles. The molecule has 0 radical (unpaired) electrons. The molecule has 17 heavy (non-hydrogen) atoms. The van der Waals surface area contributed by atoms with Gasteiger partial charge in [-0.2, -0.15) is 0 Å². The molecule has 94 valence electrons. The van der Waals surface area contributed by atoms with Crippen molar-refractivity contribution in [2.75, 3.05) is 32.1 Å². The normalized spacial score (nSPS) is 10.3. The third-order valence-corrected chi connectivity index (χ3v) is 2.07. The Kier molecular flexibility index (Phi) is 6.13. The van der Waals surface area contributed by atoms with Crippen molar-refractivity contribution < 1.29 is 9.53 Å². The molecule has 0 saturated heterocycles. The second kappa shape index (κ2) is 7.39. The molecule has 1 heterocycles. The van der Waals surface area contributed by atoms with E-state index in [0.717, 1.165) is 0 Å². The third kappa shape index (κ3) is 5.78. The van der Waals surface area contributed by atoms with Crippen LogP contribution in [-0.4, -0.2) is 42.7 Å². The highest BCUT2D eigenvalue weighted by atomic mass is 35.5. The molecule has 1 rings (SSSR count). The van der Waals surface area contributed by atoms with Crippen LogP contribution in [0.25, 0.3) is 0 Å². The van der Waals surface area contributed by atoms with Crippen LogP contribution in [0.1, 0.15) is 0 Å². The summed E-state index contributed by atoms with van der Waals surface area (Å²) in [6.45, 7) is 1.29. The van der Waals surface area contributed by atoms with Gasteiger partial charge < -0.3 is 15.4 Å². The fraction of sp³-hybridized carbons (Fsp3) is 0.444. The monoisotopic (exact) mass is 278 g/mol. The number of halogens is 2. The summed E-state index contributed by atoms with van der Waals surface area (Å²) in [5.74, 6) is 0.0282. The molecular weight excluding hydrogens is 267 g/mol. The van der Waals surface area contributed by atoms with Crippen molar-refractivity contribution in [1.82, 2.24) is 15.3 Å². The lowest BCUT2D eigenvalue weighted by Crippen LogP contribution is -2.30. The summed E-state index contributed by atoms with van der Waals surface area (Å²) in [4.78, 5) is 18.9. The van der Waals surface area contributed by atoms with Gasteiger partial charge >= 0.3 is 0 Å². The Morgan fingerprint density at radius 3 is 2.88 bits per heavy atom. The van der Waals surface area contributed by atoms with Crippen LogP contribution in [0, 0.1) is 0 Å². The molecule has 2 N–H and O–H groups in total. The number of hydrogen-bond donors (Lipinski definition) is 2. The summed E-state index contributed by atoms with van der Waals surface area (Å²) in [5, 5.41) is 5.59. The smallest absolute Gasteiger partial charge is 0.239 e. The number of ether oxygens (including phenoxy) is 1. The van der Waals surface area contributed by atoms with Gasteiger partial charge in [-0.15, -0.1) is 0 Å². The minimum atomic E-state index is -0.244. The van der Waals surface area contributed by atoms with Gasteiger partial charge in [-0.1, -0.05) is 11.6 Å². The maximum absolute atomic E-state index is 11.4. The lowest BCUT2D eigenvalue weighted by atomic mass is 10.5. The first-order valence-corrected chi connectivity index (χ1v) is 5.57. The van der Waals surface area contributed by atoms with E-state index in [9.17, 15) is 4.79 Å². The molecule has 0 bridgehead atoms. The van der Waals surface area contributed by atoms with Crippen LogP contribution < -0.4 is 10.6 Å². The summed E-state index contributed by atoms with van der Waals surface area (Å²) in [7, 11) is 1.59. The Bertz CT molecular complexity index is 369. The Morgan fingerprint density at radius 1 is 1.47 bits per heavy atom. The van der Waals surface area contributed by atoms with Gasteiger partial charge in [0.1, 0.15) is 11.0 Å². The number of methoxy groups -OCH3 is 1. The number of nitrogens with zero attached hydrogens (tertiary/aromatic N) is 2. The molecule has 1 aromatic rings. The first kappa shape index (κ1) is 14.1. The van der Waals surface area contributed by atoms with E-state index in [1.165, 1.54) is 6.07 Å². The van der Waals surface area contributed by atoms with Gasteiger partial charge in [-0.25, -0.2) is 9.97 Å². The van der Waals surface area contributed by atoms with Crippen LogP contribution in [0.4, 0.5) is 5.82 Å². The van der Waals surface area contributed by atoms with E-state index in [1.54, 1.807) is 7.11 Å². The van der Waals surface area contributed by atoms with Gasteiger partial charge in [0.25, 0.3) is 0 Å². The molecular formula is C9H12Cl2N4O2. The SMILES string of the molecule is COCCNCC(=O)Nc1cc(Cl)nc(Cl)n1. The number of carbonyl (C=O) groups excluding carboxylic acids is 1. The minimum Gasteiger partial charge on any atom is -0.383 e. The van der Waals surface area contributed by atoms with Gasteiger partial charge in [-0.3, -0.25) is 4.79 Å². The molecule has 1 amide bonds. The van der Waals surface area contributed by atoms with Crippen molar-refractivity contribution in [2.24, 2.45) is 0 Å². The van der Waals surface area contributed by atoms with E-state index in [2.05, 4.69) is 20.6 Å². The van der Waals surface area contributed by atoms with Crippen molar-refractivity contribution in [3.8, 4) is 0 Å². The summed E-state index contributed by atoms with van der Waals surface area (Å²) >= 11 is 11.2. The summed E-state index contributed by atoms with van der Waals surface area (Å²) < 4.78 is 4.82. The topological polar surface area (TPSA) is 76.1 Å². The van der Waals surface area contributed by atoms with Gasteiger partial charge in [0.05, 0.1) is 13.2 Å². The predicted molar refractivity (Wildman–Crippen MR) is 65.4 cm³/mol. The molecule has 8 heteroatoms. The summed E-state index contributed by atoms with van der Waals surface area (Å²) in [6.07, 6.45) is 0. The molecule has 0 atom stereocenters. The van der Waals surface area contributed by atoms with E-state index >= 15 is 0 Å². The molecule has 0 aliphatic heterocycles. The van der Waals surface area contributed by atoms with E-state index < -0.39 is 0 Å². The number of aromatic nitrogens is 2. The van der Waals surface area contributed by atoms with Crippen molar-refractivity contribution >= 4 is 34.9 Å². The zero-order chi connectivity index (χ0) is 12.7. The number of carbonyl (C=O) groups is 1. The highest BCUT2D eigenvalue weighted by Crippen LogP contribution is 2.13. The average Bonchev–Trinajstić information content (AvgIpc) is 2.23. The first-order chi connectivity index (χ1) is 8.11. The second-order valence-electron chi connectivity index (χ2n) is 3.06. The zero-order valence-electron chi connectivity index (χ0n) is 9.17. The highest BCUT2D eigenvalue weighted by Gasteiger charge is 2.05. The number of rotatable bonds is 6. The number of amides is 1. The fourth-order valence-electron chi connectivity index (χ4n) is 1.02. The maximum Gasteiger partial charge on any atom is 0.239 e. The van der Waals surface area contributed by atoms with Gasteiger partial charge in [-0.05, 0) is 11.6 Å². The van der Waals surface area contributed by atoms with Crippen LogP contribution in [0.15, 0.2) is 6.07 Å². The number of hydrogen-bond acceptors (Lipinski definition) is 5. The standard InChI is InChI=1S/C9H12Cl2N4O2/c1-17-3-2-12-5-8(16)14-7-4-6(10)13-9(11)15-7/h4,12H,2-3,5H2,1H3,(H,13,14,15,16). The predicted octanol–water partition coefficient (Wildman–Crippen LogP) is 0.958. The van der Waals surface area contributed by atoms with Crippen LogP contribution in [-0.2, 0) is 9.53 Å². The third-order valence-electron chi connectivity index (χ3n) is 1.70.